The Morgan fingerprint density at radius 2 is 1.83 bits per heavy atom. The molecule has 0 atom stereocenters. The van der Waals surface area contributed by atoms with Crippen molar-refractivity contribution in [1.82, 2.24) is 9.62 Å². The van der Waals surface area contributed by atoms with Gasteiger partial charge in [-0.15, -0.1) is 12.4 Å². The van der Waals surface area contributed by atoms with Gasteiger partial charge in [-0.3, -0.25) is 4.79 Å². The lowest BCUT2D eigenvalue weighted by Gasteiger charge is -2.34. The van der Waals surface area contributed by atoms with E-state index < -0.39 is 10.0 Å². The number of rotatable bonds is 6. The van der Waals surface area contributed by atoms with E-state index in [9.17, 15) is 13.2 Å². The Hall–Kier alpha value is -0.370. The number of sulfonamides is 1. The van der Waals surface area contributed by atoms with Crippen molar-refractivity contribution in [3.63, 3.8) is 0 Å². The number of hydrogen-bond donors (Lipinski definition) is 2. The third kappa shape index (κ3) is 4.81. The van der Waals surface area contributed by atoms with Crippen molar-refractivity contribution in [3.8, 4) is 0 Å². The van der Waals surface area contributed by atoms with Gasteiger partial charge in [0.15, 0.2) is 0 Å². The number of halogens is 1. The van der Waals surface area contributed by atoms with Gasteiger partial charge in [-0.05, 0) is 32.1 Å². The molecular formula is C15H30ClN3O3S. The summed E-state index contributed by atoms with van der Waals surface area (Å²) < 4.78 is 25.6. The Morgan fingerprint density at radius 3 is 2.30 bits per heavy atom. The van der Waals surface area contributed by atoms with Crippen LogP contribution >= 0.6 is 12.4 Å². The molecule has 1 aliphatic carbocycles. The van der Waals surface area contributed by atoms with Gasteiger partial charge in [-0.25, -0.2) is 12.7 Å². The van der Waals surface area contributed by atoms with Crippen LogP contribution in [-0.2, 0) is 14.8 Å². The van der Waals surface area contributed by atoms with Gasteiger partial charge in [-0.1, -0.05) is 19.8 Å². The smallest absolute Gasteiger partial charge is 0.227 e. The van der Waals surface area contributed by atoms with Crippen LogP contribution in [0.15, 0.2) is 0 Å². The van der Waals surface area contributed by atoms with E-state index in [-0.39, 0.29) is 35.5 Å². The Bertz CT molecular complexity index is 484. The highest BCUT2D eigenvalue weighted by Gasteiger charge is 2.41. The first-order valence-corrected chi connectivity index (χ1v) is 10.0. The van der Waals surface area contributed by atoms with Crippen LogP contribution < -0.4 is 11.1 Å². The molecule has 0 aromatic rings. The summed E-state index contributed by atoms with van der Waals surface area (Å²) in [7, 11) is -3.12. The highest BCUT2D eigenvalue weighted by molar-refractivity contribution is 7.89. The SMILES string of the molecule is CCCS(=O)(=O)N1CCC(NC(=O)C2(CN)CCCC2)CC1.Cl. The van der Waals surface area contributed by atoms with E-state index in [2.05, 4.69) is 5.32 Å². The molecule has 2 aliphatic rings. The lowest BCUT2D eigenvalue weighted by atomic mass is 9.84. The number of piperidine rings is 1. The first-order chi connectivity index (χ1) is 10.4. The standard InChI is InChI=1S/C15H29N3O3S.ClH/c1-2-11-22(20,21)18-9-5-13(6-10-18)17-14(19)15(12-16)7-3-4-8-15;/h13H,2-12,16H2,1H3,(H,17,19);1H. The summed E-state index contributed by atoms with van der Waals surface area (Å²) >= 11 is 0. The second kappa shape index (κ2) is 8.65. The molecule has 6 nitrogen and oxygen atoms in total. The van der Waals surface area contributed by atoms with Crippen LogP contribution in [0.3, 0.4) is 0 Å². The van der Waals surface area contributed by atoms with E-state index >= 15 is 0 Å². The van der Waals surface area contributed by atoms with Crippen LogP contribution in [0.1, 0.15) is 51.9 Å². The Morgan fingerprint density at radius 1 is 1.26 bits per heavy atom. The quantitative estimate of drug-likeness (QED) is 0.738. The number of amides is 1. The fourth-order valence-electron chi connectivity index (χ4n) is 3.58. The fourth-order valence-corrected chi connectivity index (χ4v) is 5.12. The van der Waals surface area contributed by atoms with Gasteiger partial charge < -0.3 is 11.1 Å². The Labute approximate surface area is 146 Å². The average Bonchev–Trinajstić information content (AvgIpc) is 2.98. The molecule has 8 heteroatoms. The fraction of sp³-hybridized carbons (Fsp3) is 0.933. The topological polar surface area (TPSA) is 92.5 Å². The van der Waals surface area contributed by atoms with Crippen LogP contribution in [0.5, 0.6) is 0 Å². The molecule has 0 spiro atoms. The Balaban J connectivity index is 0.00000264. The highest BCUT2D eigenvalue weighted by atomic mass is 35.5. The molecule has 0 unspecified atom stereocenters. The molecule has 1 aliphatic heterocycles. The molecule has 0 bridgehead atoms. The van der Waals surface area contributed by atoms with E-state index in [0.29, 0.717) is 38.9 Å². The second-order valence-electron chi connectivity index (χ2n) is 6.65. The number of carbonyl (C=O) groups is 1. The molecule has 1 amide bonds. The minimum atomic E-state index is -3.12. The van der Waals surface area contributed by atoms with Crippen LogP contribution in [0.4, 0.5) is 0 Å². The molecule has 136 valence electrons. The van der Waals surface area contributed by atoms with Gasteiger partial charge in [0.25, 0.3) is 0 Å². The molecule has 1 heterocycles. The van der Waals surface area contributed by atoms with Crippen molar-refractivity contribution in [2.24, 2.45) is 11.1 Å². The van der Waals surface area contributed by atoms with Crippen LogP contribution in [0.25, 0.3) is 0 Å². The number of carbonyl (C=O) groups excluding carboxylic acids is 1. The average molecular weight is 368 g/mol. The van der Waals surface area contributed by atoms with Gasteiger partial charge in [0.05, 0.1) is 11.2 Å². The Kier molecular flexibility index (Phi) is 7.77. The number of nitrogens with one attached hydrogen (secondary N) is 1. The lowest BCUT2D eigenvalue weighted by molar-refractivity contribution is -0.131. The third-order valence-electron chi connectivity index (χ3n) is 5.08. The van der Waals surface area contributed by atoms with Crippen LogP contribution in [0, 0.1) is 5.41 Å². The van der Waals surface area contributed by atoms with E-state index in [0.717, 1.165) is 25.7 Å². The summed E-state index contributed by atoms with van der Waals surface area (Å²) in [5.41, 5.74) is 5.46. The second-order valence-corrected chi connectivity index (χ2v) is 8.74. The summed E-state index contributed by atoms with van der Waals surface area (Å²) in [6.07, 6.45) is 5.90. The summed E-state index contributed by atoms with van der Waals surface area (Å²) in [5, 5.41) is 3.12. The summed E-state index contributed by atoms with van der Waals surface area (Å²) in [6, 6.07) is 0.0737. The number of nitrogens with two attached hydrogens (primary N) is 1. The minimum absolute atomic E-state index is 0. The molecule has 0 radical (unpaired) electrons. The zero-order chi connectivity index (χ0) is 16.2. The van der Waals surface area contributed by atoms with Gasteiger partial charge in [0.1, 0.15) is 0 Å². The van der Waals surface area contributed by atoms with Crippen molar-refractivity contribution in [3.05, 3.63) is 0 Å². The first-order valence-electron chi connectivity index (χ1n) is 8.42. The van der Waals surface area contributed by atoms with Gasteiger partial charge in [0.2, 0.25) is 15.9 Å². The predicted octanol–water partition coefficient (Wildman–Crippen LogP) is 1.25. The van der Waals surface area contributed by atoms with Crippen LogP contribution in [-0.4, -0.2) is 50.1 Å². The minimum Gasteiger partial charge on any atom is -0.353 e. The van der Waals surface area contributed by atoms with Crippen molar-refractivity contribution in [1.29, 1.82) is 0 Å². The van der Waals surface area contributed by atoms with Gasteiger partial charge in [0, 0.05) is 25.7 Å². The van der Waals surface area contributed by atoms with Crippen molar-refractivity contribution in [2.45, 2.75) is 57.9 Å². The maximum absolute atomic E-state index is 12.5. The predicted molar refractivity (Wildman–Crippen MR) is 94.0 cm³/mol. The molecule has 1 saturated heterocycles. The van der Waals surface area contributed by atoms with Crippen molar-refractivity contribution >= 4 is 28.3 Å². The van der Waals surface area contributed by atoms with Gasteiger partial charge >= 0.3 is 0 Å². The molecule has 3 N–H and O–H groups in total. The number of hydrogen-bond acceptors (Lipinski definition) is 4. The van der Waals surface area contributed by atoms with Crippen LogP contribution in [0.2, 0.25) is 0 Å². The summed E-state index contributed by atoms with van der Waals surface area (Å²) in [4.78, 5) is 12.5. The first kappa shape index (κ1) is 20.7. The van der Waals surface area contributed by atoms with Crippen molar-refractivity contribution in [2.75, 3.05) is 25.4 Å². The zero-order valence-corrected chi connectivity index (χ0v) is 15.6. The molecule has 2 rings (SSSR count). The molecular weight excluding hydrogens is 338 g/mol. The summed E-state index contributed by atoms with van der Waals surface area (Å²) in [5.74, 6) is 0.280. The van der Waals surface area contributed by atoms with E-state index in [4.69, 9.17) is 5.73 Å². The zero-order valence-electron chi connectivity index (χ0n) is 13.9. The molecule has 23 heavy (non-hydrogen) atoms. The van der Waals surface area contributed by atoms with E-state index in [1.165, 1.54) is 0 Å². The van der Waals surface area contributed by atoms with Gasteiger partial charge in [-0.2, -0.15) is 0 Å². The maximum atomic E-state index is 12.5. The molecule has 0 aromatic heterocycles. The normalized spacial score (nSPS) is 22.5. The molecule has 0 aromatic carbocycles. The molecule has 2 fully saturated rings. The third-order valence-corrected chi connectivity index (χ3v) is 7.15. The van der Waals surface area contributed by atoms with E-state index in [1.807, 2.05) is 6.92 Å². The highest BCUT2D eigenvalue weighted by Crippen LogP contribution is 2.37. The summed E-state index contributed by atoms with van der Waals surface area (Å²) in [6.45, 7) is 3.28. The molecule has 1 saturated carbocycles. The maximum Gasteiger partial charge on any atom is 0.227 e. The largest absolute Gasteiger partial charge is 0.353 e. The number of nitrogens with zero attached hydrogens (tertiary/aromatic N) is 1. The monoisotopic (exact) mass is 367 g/mol. The van der Waals surface area contributed by atoms with Crippen molar-refractivity contribution < 1.29 is 13.2 Å². The van der Waals surface area contributed by atoms with E-state index in [1.54, 1.807) is 4.31 Å². The lowest BCUT2D eigenvalue weighted by Crippen LogP contribution is -2.52.